The number of nitrogens with zero attached hydrogens (tertiary/aromatic N) is 5. The second-order valence-corrected chi connectivity index (χ2v) is 7.80. The molecular weight excluding hydrogens is 382 g/mol. The number of rotatable bonds is 3. The lowest BCUT2D eigenvalue weighted by Crippen LogP contribution is -1.86. The van der Waals surface area contributed by atoms with Crippen LogP contribution >= 0.6 is 11.3 Å². The Morgan fingerprint density at radius 3 is 2.86 bits per heavy atom. The fourth-order valence-electron chi connectivity index (χ4n) is 3.59. The third kappa shape index (κ3) is 2.57. The van der Waals surface area contributed by atoms with E-state index in [-0.39, 0.29) is 0 Å². The van der Waals surface area contributed by atoms with Crippen molar-refractivity contribution < 1.29 is 0 Å². The minimum Gasteiger partial charge on any atom is -0.353 e. The number of thiophene rings is 1. The van der Waals surface area contributed by atoms with E-state index in [2.05, 4.69) is 42.8 Å². The van der Waals surface area contributed by atoms with E-state index in [1.807, 2.05) is 49.9 Å². The van der Waals surface area contributed by atoms with Gasteiger partial charge in [0.25, 0.3) is 0 Å². The fraction of sp³-hybridized carbons (Fsp3) is 0.0476. The molecule has 0 aromatic carbocycles. The van der Waals surface area contributed by atoms with Crippen molar-refractivity contribution in [2.24, 2.45) is 7.05 Å². The quantitative estimate of drug-likeness (QED) is 0.456. The van der Waals surface area contributed by atoms with Crippen molar-refractivity contribution >= 4 is 33.3 Å². The van der Waals surface area contributed by atoms with Gasteiger partial charge >= 0.3 is 0 Å². The summed E-state index contributed by atoms with van der Waals surface area (Å²) in [5, 5.41) is 15.0. The molecule has 29 heavy (non-hydrogen) atoms. The van der Waals surface area contributed by atoms with E-state index in [4.69, 9.17) is 4.98 Å². The zero-order valence-electron chi connectivity index (χ0n) is 15.4. The van der Waals surface area contributed by atoms with Gasteiger partial charge in [-0.25, -0.2) is 4.98 Å². The van der Waals surface area contributed by atoms with Crippen LogP contribution in [0.5, 0.6) is 0 Å². The summed E-state index contributed by atoms with van der Waals surface area (Å²) >= 11 is 1.68. The molecule has 6 rings (SSSR count). The van der Waals surface area contributed by atoms with E-state index in [1.54, 1.807) is 16.0 Å². The monoisotopic (exact) mass is 397 g/mol. The van der Waals surface area contributed by atoms with E-state index in [0.29, 0.717) is 0 Å². The molecule has 140 valence electrons. The predicted octanol–water partition coefficient (Wildman–Crippen LogP) is 4.63. The van der Waals surface area contributed by atoms with Crippen LogP contribution in [0.1, 0.15) is 0 Å². The van der Waals surface area contributed by atoms with Crippen LogP contribution in [0.3, 0.4) is 0 Å². The molecule has 0 unspecified atom stereocenters. The predicted molar refractivity (Wildman–Crippen MR) is 114 cm³/mol. The van der Waals surface area contributed by atoms with Crippen LogP contribution in [0.2, 0.25) is 0 Å². The molecule has 0 radical (unpaired) electrons. The SMILES string of the molecule is Cn1cc(-c2ccc3[nH]nc(-c4cc5c(-c6cccs6)nccc5[nH]4)c3n2)cn1. The van der Waals surface area contributed by atoms with Gasteiger partial charge in [-0.05, 0) is 35.7 Å². The summed E-state index contributed by atoms with van der Waals surface area (Å²) in [6, 6.07) is 12.2. The number of H-pyrrole nitrogens is 2. The zero-order valence-corrected chi connectivity index (χ0v) is 16.2. The Morgan fingerprint density at radius 2 is 2.03 bits per heavy atom. The fourth-order valence-corrected chi connectivity index (χ4v) is 4.33. The molecule has 0 spiro atoms. The van der Waals surface area contributed by atoms with Crippen LogP contribution in [-0.4, -0.2) is 34.9 Å². The maximum atomic E-state index is 4.86. The van der Waals surface area contributed by atoms with Gasteiger partial charge in [0, 0.05) is 35.9 Å². The first-order valence-electron chi connectivity index (χ1n) is 9.12. The Bertz CT molecular complexity index is 1470. The molecule has 0 aliphatic carbocycles. The van der Waals surface area contributed by atoms with Crippen molar-refractivity contribution in [3.63, 3.8) is 0 Å². The van der Waals surface area contributed by atoms with Gasteiger partial charge in [-0.15, -0.1) is 11.3 Å². The van der Waals surface area contributed by atoms with Crippen LogP contribution in [-0.2, 0) is 7.05 Å². The van der Waals surface area contributed by atoms with Gasteiger partial charge in [-0.2, -0.15) is 10.2 Å². The molecule has 6 aromatic rings. The molecule has 6 heterocycles. The number of hydrogen-bond acceptors (Lipinski definition) is 5. The number of aryl methyl sites for hydroxylation is 1. The Labute approximate surface area is 169 Å². The van der Waals surface area contributed by atoms with Gasteiger partial charge in [-0.3, -0.25) is 14.8 Å². The summed E-state index contributed by atoms with van der Waals surface area (Å²) in [6.45, 7) is 0. The van der Waals surface area contributed by atoms with E-state index in [0.717, 1.165) is 55.2 Å². The Balaban J connectivity index is 1.53. The number of aromatic nitrogens is 7. The maximum absolute atomic E-state index is 4.86. The first-order valence-corrected chi connectivity index (χ1v) is 10.0. The van der Waals surface area contributed by atoms with Crippen molar-refractivity contribution in [2.75, 3.05) is 0 Å². The third-order valence-corrected chi connectivity index (χ3v) is 5.84. The van der Waals surface area contributed by atoms with Gasteiger partial charge in [0.05, 0.1) is 33.7 Å². The summed E-state index contributed by atoms with van der Waals surface area (Å²) in [7, 11) is 1.90. The third-order valence-electron chi connectivity index (χ3n) is 4.97. The highest BCUT2D eigenvalue weighted by atomic mass is 32.1. The summed E-state index contributed by atoms with van der Waals surface area (Å²) in [5.41, 5.74) is 7.26. The van der Waals surface area contributed by atoms with Crippen LogP contribution < -0.4 is 0 Å². The summed E-state index contributed by atoms with van der Waals surface area (Å²) in [5.74, 6) is 0. The maximum Gasteiger partial charge on any atom is 0.135 e. The van der Waals surface area contributed by atoms with E-state index >= 15 is 0 Å². The van der Waals surface area contributed by atoms with Crippen molar-refractivity contribution in [3.8, 4) is 33.2 Å². The number of nitrogens with one attached hydrogen (secondary N) is 2. The van der Waals surface area contributed by atoms with Gasteiger partial charge in [0.1, 0.15) is 11.2 Å². The van der Waals surface area contributed by atoms with E-state index in [9.17, 15) is 0 Å². The molecule has 7 nitrogen and oxygen atoms in total. The summed E-state index contributed by atoms with van der Waals surface area (Å²) in [4.78, 5) is 14.1. The molecule has 0 bridgehead atoms. The lowest BCUT2D eigenvalue weighted by molar-refractivity contribution is 0.768. The molecular formula is C21H15N7S. The second kappa shape index (κ2) is 6.11. The van der Waals surface area contributed by atoms with Gasteiger partial charge < -0.3 is 4.98 Å². The smallest absolute Gasteiger partial charge is 0.135 e. The lowest BCUT2D eigenvalue weighted by atomic mass is 10.1. The highest BCUT2D eigenvalue weighted by Gasteiger charge is 2.16. The first kappa shape index (κ1) is 16.2. The molecule has 0 aliphatic heterocycles. The standard InChI is InChI=1S/C21H15N7S/c1-28-11-12(10-23-28)14-4-5-16-20(25-14)21(27-26-16)17-9-13-15(24-17)6-7-22-19(13)18-3-2-8-29-18/h2-11,24H,1H3,(H,26,27). The molecule has 0 atom stereocenters. The van der Waals surface area contributed by atoms with Crippen LogP contribution in [0.4, 0.5) is 0 Å². The Morgan fingerprint density at radius 1 is 1.07 bits per heavy atom. The Kier molecular flexibility index (Phi) is 3.41. The molecule has 0 aliphatic rings. The largest absolute Gasteiger partial charge is 0.353 e. The van der Waals surface area contributed by atoms with Crippen LogP contribution in [0, 0.1) is 0 Å². The van der Waals surface area contributed by atoms with Crippen LogP contribution in [0.15, 0.2) is 60.4 Å². The second-order valence-electron chi connectivity index (χ2n) is 6.85. The van der Waals surface area contributed by atoms with Gasteiger partial charge in [0.2, 0.25) is 0 Å². The number of aromatic amines is 2. The summed E-state index contributed by atoms with van der Waals surface area (Å²) in [6.07, 6.45) is 5.60. The normalized spacial score (nSPS) is 11.6. The lowest BCUT2D eigenvalue weighted by Gasteiger charge is -1.98. The van der Waals surface area contributed by atoms with E-state index < -0.39 is 0 Å². The van der Waals surface area contributed by atoms with Gasteiger partial charge in [-0.1, -0.05) is 6.07 Å². The molecule has 0 fully saturated rings. The average molecular weight is 397 g/mol. The minimum absolute atomic E-state index is 0.791. The molecule has 0 amide bonds. The summed E-state index contributed by atoms with van der Waals surface area (Å²) < 4.78 is 1.77. The average Bonchev–Trinajstić information content (AvgIpc) is 3.51. The molecule has 8 heteroatoms. The minimum atomic E-state index is 0.791. The van der Waals surface area contributed by atoms with Crippen LogP contribution in [0.25, 0.3) is 55.2 Å². The first-order chi connectivity index (χ1) is 14.3. The van der Waals surface area contributed by atoms with Crippen molar-refractivity contribution in [1.82, 2.24) is 34.9 Å². The van der Waals surface area contributed by atoms with Crippen molar-refractivity contribution in [3.05, 3.63) is 60.4 Å². The zero-order chi connectivity index (χ0) is 19.4. The van der Waals surface area contributed by atoms with Crippen molar-refractivity contribution in [1.29, 1.82) is 0 Å². The van der Waals surface area contributed by atoms with Gasteiger partial charge in [0.15, 0.2) is 0 Å². The number of pyridine rings is 2. The highest BCUT2D eigenvalue weighted by molar-refractivity contribution is 7.13. The Hall–Kier alpha value is -3.78. The molecule has 6 aromatic heterocycles. The van der Waals surface area contributed by atoms with Crippen molar-refractivity contribution in [2.45, 2.75) is 0 Å². The molecule has 0 saturated carbocycles. The number of hydrogen-bond donors (Lipinski definition) is 2. The molecule has 0 saturated heterocycles. The molecule has 2 N–H and O–H groups in total. The topological polar surface area (TPSA) is 88.1 Å². The highest BCUT2D eigenvalue weighted by Crippen LogP contribution is 2.34. The number of fused-ring (bicyclic) bond motifs is 2. The van der Waals surface area contributed by atoms with E-state index in [1.165, 1.54) is 0 Å².